The first kappa shape index (κ1) is 15.8. The van der Waals surface area contributed by atoms with Gasteiger partial charge in [-0.2, -0.15) is 0 Å². The minimum Gasteiger partial charge on any atom is -0.490 e. The average Bonchev–Trinajstić information content (AvgIpc) is 2.78. The summed E-state index contributed by atoms with van der Waals surface area (Å²) in [5.41, 5.74) is 0.159. The summed E-state index contributed by atoms with van der Waals surface area (Å²) in [6.07, 6.45) is 5.60. The maximum atomic E-state index is 12.5. The predicted octanol–water partition coefficient (Wildman–Crippen LogP) is 1.47. The molecule has 1 atom stereocenters. The first-order valence-corrected chi connectivity index (χ1v) is 6.76. The molecular formula is C15H16N2O5. The number of nitro groups is 1. The van der Waals surface area contributed by atoms with E-state index >= 15 is 0 Å². The van der Waals surface area contributed by atoms with Crippen molar-refractivity contribution in [3.8, 4) is 18.1 Å². The van der Waals surface area contributed by atoms with Crippen LogP contribution in [0.3, 0.4) is 0 Å². The lowest BCUT2D eigenvalue weighted by atomic mass is 10.1. The molecule has 1 aromatic rings. The first-order chi connectivity index (χ1) is 10.6. The summed E-state index contributed by atoms with van der Waals surface area (Å²) in [4.78, 5) is 24.4. The van der Waals surface area contributed by atoms with Crippen molar-refractivity contribution in [1.29, 1.82) is 0 Å². The monoisotopic (exact) mass is 304 g/mol. The van der Waals surface area contributed by atoms with Gasteiger partial charge in [-0.25, -0.2) is 0 Å². The van der Waals surface area contributed by atoms with Crippen molar-refractivity contribution in [2.24, 2.45) is 0 Å². The molecule has 0 N–H and O–H groups in total. The van der Waals surface area contributed by atoms with E-state index in [0.717, 1.165) is 0 Å². The predicted molar refractivity (Wildman–Crippen MR) is 78.7 cm³/mol. The second-order valence-electron chi connectivity index (χ2n) is 4.75. The normalized spacial score (nSPS) is 18.2. The molecule has 0 spiro atoms. The molecule has 1 saturated heterocycles. The molecule has 22 heavy (non-hydrogen) atoms. The number of benzene rings is 1. The number of carbonyl (C=O) groups is 1. The molecule has 0 aromatic heterocycles. The van der Waals surface area contributed by atoms with Gasteiger partial charge < -0.3 is 14.4 Å². The first-order valence-electron chi connectivity index (χ1n) is 6.76. The van der Waals surface area contributed by atoms with E-state index in [1.165, 1.54) is 25.3 Å². The van der Waals surface area contributed by atoms with Crippen LogP contribution in [0.15, 0.2) is 18.2 Å². The van der Waals surface area contributed by atoms with Crippen LogP contribution in [-0.2, 0) is 4.74 Å². The molecule has 1 aliphatic rings. The van der Waals surface area contributed by atoms with Gasteiger partial charge in [-0.05, 0) is 6.07 Å². The van der Waals surface area contributed by atoms with Crippen molar-refractivity contribution >= 4 is 11.6 Å². The van der Waals surface area contributed by atoms with Gasteiger partial charge in [0.2, 0.25) is 0 Å². The summed E-state index contributed by atoms with van der Waals surface area (Å²) < 4.78 is 10.4. The Hall–Kier alpha value is -2.59. The van der Waals surface area contributed by atoms with Crippen LogP contribution in [0.1, 0.15) is 16.8 Å². The van der Waals surface area contributed by atoms with Crippen molar-refractivity contribution < 1.29 is 19.2 Å². The molecule has 2 rings (SSSR count). The number of amides is 1. The van der Waals surface area contributed by atoms with Gasteiger partial charge >= 0.3 is 5.69 Å². The topological polar surface area (TPSA) is 81.9 Å². The highest BCUT2D eigenvalue weighted by molar-refractivity contribution is 5.95. The molecule has 0 saturated carbocycles. The molecule has 1 fully saturated rings. The van der Waals surface area contributed by atoms with Crippen LogP contribution in [0.25, 0.3) is 0 Å². The molecule has 1 aromatic carbocycles. The van der Waals surface area contributed by atoms with E-state index < -0.39 is 4.92 Å². The van der Waals surface area contributed by atoms with Crippen LogP contribution in [0, 0.1) is 22.5 Å². The van der Waals surface area contributed by atoms with Gasteiger partial charge in [-0.1, -0.05) is 5.92 Å². The number of rotatable bonds is 3. The highest BCUT2D eigenvalue weighted by Gasteiger charge is 2.23. The van der Waals surface area contributed by atoms with E-state index in [9.17, 15) is 14.9 Å². The summed E-state index contributed by atoms with van der Waals surface area (Å²) in [7, 11) is 1.33. The van der Waals surface area contributed by atoms with Gasteiger partial charge in [0.1, 0.15) is 6.10 Å². The number of nitrogens with zero attached hydrogens (tertiary/aromatic N) is 2. The minimum atomic E-state index is -0.551. The van der Waals surface area contributed by atoms with Gasteiger partial charge in [0.25, 0.3) is 5.91 Å². The summed E-state index contributed by atoms with van der Waals surface area (Å²) in [5.74, 6) is 2.36. The highest BCUT2D eigenvalue weighted by atomic mass is 16.6. The van der Waals surface area contributed by atoms with Gasteiger partial charge in [-0.3, -0.25) is 14.9 Å². The van der Waals surface area contributed by atoms with Crippen LogP contribution in [0.2, 0.25) is 0 Å². The fraction of sp³-hybridized carbons (Fsp3) is 0.400. The Bertz CT molecular complexity index is 623. The molecule has 1 unspecified atom stereocenters. The average molecular weight is 304 g/mol. The Labute approximate surface area is 128 Å². The summed E-state index contributed by atoms with van der Waals surface area (Å²) in [6.45, 7) is 1.27. The van der Waals surface area contributed by atoms with Crippen molar-refractivity contribution in [2.75, 3.05) is 26.8 Å². The molecule has 0 aliphatic carbocycles. The Morgan fingerprint density at radius 3 is 2.95 bits per heavy atom. The van der Waals surface area contributed by atoms with E-state index in [0.29, 0.717) is 31.7 Å². The van der Waals surface area contributed by atoms with Gasteiger partial charge in [0.05, 0.1) is 18.6 Å². The maximum Gasteiger partial charge on any atom is 0.310 e. The lowest BCUT2D eigenvalue weighted by molar-refractivity contribution is -0.385. The van der Waals surface area contributed by atoms with Gasteiger partial charge in [-0.15, -0.1) is 6.42 Å². The van der Waals surface area contributed by atoms with Crippen molar-refractivity contribution in [2.45, 2.75) is 12.5 Å². The Morgan fingerprint density at radius 1 is 1.55 bits per heavy atom. The smallest absolute Gasteiger partial charge is 0.310 e. The molecular weight excluding hydrogens is 288 g/mol. The van der Waals surface area contributed by atoms with E-state index in [4.69, 9.17) is 15.9 Å². The number of ether oxygens (including phenoxy) is 2. The van der Waals surface area contributed by atoms with Crippen LogP contribution < -0.4 is 4.74 Å². The van der Waals surface area contributed by atoms with Crippen LogP contribution in [-0.4, -0.2) is 48.6 Å². The molecule has 7 nitrogen and oxygen atoms in total. The second kappa shape index (κ2) is 6.91. The van der Waals surface area contributed by atoms with Crippen LogP contribution in [0.5, 0.6) is 5.75 Å². The van der Waals surface area contributed by atoms with Gasteiger partial charge in [0, 0.05) is 37.2 Å². The zero-order chi connectivity index (χ0) is 16.1. The number of carbonyl (C=O) groups excluding carboxylic acids is 1. The SMILES string of the molecule is C#CC1CCN(C(=O)c2ccc([N+](=O)[O-])c(OC)c2)CCO1. The zero-order valence-corrected chi connectivity index (χ0v) is 12.2. The maximum absolute atomic E-state index is 12.5. The summed E-state index contributed by atoms with van der Waals surface area (Å²) >= 11 is 0. The van der Waals surface area contributed by atoms with E-state index in [1.54, 1.807) is 4.90 Å². The Morgan fingerprint density at radius 2 is 2.32 bits per heavy atom. The Balaban J connectivity index is 2.19. The number of methoxy groups -OCH3 is 1. The van der Waals surface area contributed by atoms with Crippen LogP contribution in [0.4, 0.5) is 5.69 Å². The Kier molecular flexibility index (Phi) is 4.96. The molecule has 1 amide bonds. The third-order valence-electron chi connectivity index (χ3n) is 3.44. The number of nitro benzene ring substituents is 1. The van der Waals surface area contributed by atoms with Crippen molar-refractivity contribution in [1.82, 2.24) is 4.90 Å². The third-order valence-corrected chi connectivity index (χ3v) is 3.44. The zero-order valence-electron chi connectivity index (χ0n) is 12.2. The summed E-state index contributed by atoms with van der Waals surface area (Å²) in [5, 5.41) is 10.9. The van der Waals surface area contributed by atoms with Crippen LogP contribution >= 0.6 is 0 Å². The van der Waals surface area contributed by atoms with E-state index in [1.807, 2.05) is 0 Å². The molecule has 116 valence electrons. The lowest BCUT2D eigenvalue weighted by Gasteiger charge is -2.19. The number of terminal acetylenes is 1. The molecule has 7 heteroatoms. The third kappa shape index (κ3) is 3.35. The minimum absolute atomic E-state index is 0.0587. The summed E-state index contributed by atoms with van der Waals surface area (Å²) in [6, 6.07) is 4.07. The molecule has 0 radical (unpaired) electrons. The lowest BCUT2D eigenvalue weighted by Crippen LogP contribution is -2.33. The second-order valence-corrected chi connectivity index (χ2v) is 4.75. The number of hydrogen-bond donors (Lipinski definition) is 0. The van der Waals surface area contributed by atoms with Crippen molar-refractivity contribution in [3.63, 3.8) is 0 Å². The fourth-order valence-electron chi connectivity index (χ4n) is 2.25. The van der Waals surface area contributed by atoms with Crippen molar-refractivity contribution in [3.05, 3.63) is 33.9 Å². The molecule has 1 aliphatic heterocycles. The molecule has 0 bridgehead atoms. The fourth-order valence-corrected chi connectivity index (χ4v) is 2.25. The van der Waals surface area contributed by atoms with E-state index in [-0.39, 0.29) is 23.4 Å². The largest absolute Gasteiger partial charge is 0.490 e. The number of hydrogen-bond acceptors (Lipinski definition) is 5. The van der Waals surface area contributed by atoms with Gasteiger partial charge in [0.15, 0.2) is 5.75 Å². The van der Waals surface area contributed by atoms with E-state index in [2.05, 4.69) is 5.92 Å². The quantitative estimate of drug-likeness (QED) is 0.480. The molecule has 1 heterocycles. The highest BCUT2D eigenvalue weighted by Crippen LogP contribution is 2.28. The standard InChI is InChI=1S/C15H16N2O5/c1-3-12-6-7-16(8-9-22-12)15(18)11-4-5-13(17(19)20)14(10-11)21-2/h1,4-5,10,12H,6-9H2,2H3.